The molecule has 4 aromatic rings. The minimum Gasteiger partial charge on any atom is -0.319 e. The number of nitrogens with zero attached hydrogens (tertiary/aromatic N) is 5. The van der Waals surface area contributed by atoms with Crippen molar-refractivity contribution in [2.75, 3.05) is 5.32 Å². The van der Waals surface area contributed by atoms with Crippen LogP contribution in [0.25, 0.3) is 5.69 Å². The van der Waals surface area contributed by atoms with Crippen LogP contribution in [0.1, 0.15) is 21.9 Å². The maximum atomic E-state index is 13.4. The van der Waals surface area contributed by atoms with Crippen LogP contribution in [0.2, 0.25) is 0 Å². The predicted octanol–water partition coefficient (Wildman–Crippen LogP) is 4.66. The zero-order valence-electron chi connectivity index (χ0n) is 17.9. The smallest absolute Gasteiger partial charge is 0.293 e. The third kappa shape index (κ3) is 5.07. The molecule has 1 aromatic heterocycles. The third-order valence-electron chi connectivity index (χ3n) is 4.89. The average molecular weight is 461 g/mol. The fourth-order valence-corrected chi connectivity index (χ4v) is 4.20. The summed E-state index contributed by atoms with van der Waals surface area (Å²) in [5, 5.41) is 25.8. The van der Waals surface area contributed by atoms with Gasteiger partial charge >= 0.3 is 0 Å². The van der Waals surface area contributed by atoms with Gasteiger partial charge in [-0.25, -0.2) is 0 Å². The molecule has 0 bridgehead atoms. The molecule has 0 aliphatic heterocycles. The van der Waals surface area contributed by atoms with Gasteiger partial charge in [-0.1, -0.05) is 65.9 Å². The molecule has 3 aromatic carbocycles. The van der Waals surface area contributed by atoms with Crippen molar-refractivity contribution in [1.29, 1.82) is 0 Å². The van der Waals surface area contributed by atoms with Crippen molar-refractivity contribution in [3.8, 4) is 5.69 Å². The molecule has 1 amide bonds. The number of carbonyl (C=O) groups is 1. The van der Waals surface area contributed by atoms with E-state index >= 15 is 0 Å². The summed E-state index contributed by atoms with van der Waals surface area (Å²) in [5.41, 5.74) is 3.27. The van der Waals surface area contributed by atoms with Gasteiger partial charge in [-0.2, -0.15) is 4.68 Å². The molecule has 33 heavy (non-hydrogen) atoms. The molecular weight excluding hydrogens is 440 g/mol. The number of nitro groups is 1. The molecule has 0 aliphatic carbocycles. The van der Waals surface area contributed by atoms with Gasteiger partial charge in [0.1, 0.15) is 10.9 Å². The first kappa shape index (κ1) is 22.2. The number of tetrazole rings is 1. The zero-order valence-corrected chi connectivity index (χ0v) is 18.7. The first-order valence-electron chi connectivity index (χ1n) is 10.1. The molecule has 166 valence electrons. The summed E-state index contributed by atoms with van der Waals surface area (Å²) in [7, 11) is 0. The van der Waals surface area contributed by atoms with E-state index in [0.29, 0.717) is 10.7 Å². The van der Waals surface area contributed by atoms with Crippen LogP contribution >= 0.6 is 11.8 Å². The Morgan fingerprint density at radius 3 is 2.42 bits per heavy atom. The van der Waals surface area contributed by atoms with Gasteiger partial charge < -0.3 is 5.32 Å². The van der Waals surface area contributed by atoms with E-state index in [9.17, 15) is 14.9 Å². The summed E-state index contributed by atoms with van der Waals surface area (Å²) < 4.78 is 1.56. The number of rotatable bonds is 7. The van der Waals surface area contributed by atoms with E-state index in [-0.39, 0.29) is 11.4 Å². The van der Waals surface area contributed by atoms with E-state index in [4.69, 9.17) is 0 Å². The Morgan fingerprint density at radius 1 is 1.03 bits per heavy atom. The van der Waals surface area contributed by atoms with E-state index in [0.717, 1.165) is 28.6 Å². The highest BCUT2D eigenvalue weighted by Crippen LogP contribution is 2.36. The number of aromatic nitrogens is 4. The van der Waals surface area contributed by atoms with Crippen LogP contribution in [-0.4, -0.2) is 31.0 Å². The summed E-state index contributed by atoms with van der Waals surface area (Å²) in [6.07, 6.45) is 0. The maximum absolute atomic E-state index is 13.4. The molecule has 0 spiro atoms. The van der Waals surface area contributed by atoms with Gasteiger partial charge in [-0.15, -0.1) is 5.10 Å². The van der Waals surface area contributed by atoms with Crippen molar-refractivity contribution in [2.45, 2.75) is 24.3 Å². The number of nitro benzene ring substituents is 1. The van der Waals surface area contributed by atoms with E-state index < -0.39 is 16.1 Å². The summed E-state index contributed by atoms with van der Waals surface area (Å²) in [6, 6.07) is 21.5. The summed E-state index contributed by atoms with van der Waals surface area (Å²) in [5.74, 6) is -0.420. The number of hydrogen-bond donors (Lipinski definition) is 1. The summed E-state index contributed by atoms with van der Waals surface area (Å²) in [4.78, 5) is 24.3. The minimum atomic E-state index is -0.748. The second-order valence-electron chi connectivity index (χ2n) is 7.38. The molecule has 1 atom stereocenters. The lowest BCUT2D eigenvalue weighted by atomic mass is 10.1. The van der Waals surface area contributed by atoms with E-state index in [1.54, 1.807) is 17.7 Å². The van der Waals surface area contributed by atoms with Gasteiger partial charge in [-0.05, 0) is 53.6 Å². The van der Waals surface area contributed by atoms with Crippen molar-refractivity contribution in [3.05, 3.63) is 99.6 Å². The number of thioether (sulfide) groups is 1. The Morgan fingerprint density at radius 2 is 1.73 bits per heavy atom. The number of anilines is 1. The molecule has 10 heteroatoms. The van der Waals surface area contributed by atoms with Crippen molar-refractivity contribution < 1.29 is 9.72 Å². The fourth-order valence-electron chi connectivity index (χ4n) is 3.20. The standard InChI is InChI=1S/C23H20N6O3S/c1-15-8-11-18(12-9-15)28-23(25-26-27-28)33-21(17-6-4-3-5-7-17)22(30)24-19-13-10-16(2)14-20(19)29(31)32/h3-14,21H,1-2H3,(H,24,30). The molecule has 0 radical (unpaired) electrons. The molecule has 4 rings (SSSR count). The van der Waals surface area contributed by atoms with Crippen molar-refractivity contribution in [2.24, 2.45) is 0 Å². The second-order valence-corrected chi connectivity index (χ2v) is 8.46. The highest BCUT2D eigenvalue weighted by atomic mass is 32.2. The third-order valence-corrected chi connectivity index (χ3v) is 6.08. The Bertz CT molecular complexity index is 1290. The predicted molar refractivity (Wildman–Crippen MR) is 125 cm³/mol. The van der Waals surface area contributed by atoms with Crippen LogP contribution in [0.3, 0.4) is 0 Å². The molecule has 9 nitrogen and oxygen atoms in total. The first-order chi connectivity index (χ1) is 15.9. The average Bonchev–Trinajstić information content (AvgIpc) is 3.28. The first-order valence-corrected chi connectivity index (χ1v) is 10.9. The zero-order chi connectivity index (χ0) is 23.4. The molecule has 0 aliphatic rings. The number of hydrogen-bond acceptors (Lipinski definition) is 7. The molecule has 0 saturated heterocycles. The Labute approximate surface area is 194 Å². The van der Waals surface area contributed by atoms with Crippen LogP contribution in [0, 0.1) is 24.0 Å². The number of benzene rings is 3. The van der Waals surface area contributed by atoms with Gasteiger partial charge in [0.2, 0.25) is 11.1 Å². The SMILES string of the molecule is Cc1ccc(-n2nnnc2SC(C(=O)Nc2ccc(C)cc2[N+](=O)[O-])c2ccccc2)cc1. The number of carbonyl (C=O) groups excluding carboxylic acids is 1. The van der Waals surface area contributed by atoms with Crippen molar-refractivity contribution in [3.63, 3.8) is 0 Å². The molecular formula is C23H20N6O3S. The number of amides is 1. The lowest BCUT2D eigenvalue weighted by Gasteiger charge is -2.17. The van der Waals surface area contributed by atoms with Gasteiger partial charge in [-0.3, -0.25) is 14.9 Å². The van der Waals surface area contributed by atoms with Crippen LogP contribution in [0.5, 0.6) is 0 Å². The lowest BCUT2D eigenvalue weighted by Crippen LogP contribution is -2.20. The maximum Gasteiger partial charge on any atom is 0.293 e. The Hall–Kier alpha value is -4.05. The van der Waals surface area contributed by atoms with E-state index in [2.05, 4.69) is 20.8 Å². The van der Waals surface area contributed by atoms with Crippen LogP contribution in [0.15, 0.2) is 78.0 Å². The molecule has 0 saturated carbocycles. The molecule has 1 unspecified atom stereocenters. The van der Waals surface area contributed by atoms with Crippen molar-refractivity contribution in [1.82, 2.24) is 20.2 Å². The van der Waals surface area contributed by atoms with Crippen LogP contribution in [-0.2, 0) is 4.79 Å². The molecule has 1 heterocycles. The normalized spacial score (nSPS) is 11.7. The fraction of sp³-hybridized carbons (Fsp3) is 0.130. The quantitative estimate of drug-likeness (QED) is 0.242. The monoisotopic (exact) mass is 460 g/mol. The Balaban J connectivity index is 1.67. The minimum absolute atomic E-state index is 0.134. The number of nitrogens with one attached hydrogen (secondary N) is 1. The van der Waals surface area contributed by atoms with Crippen molar-refractivity contribution >= 4 is 29.0 Å². The Kier molecular flexibility index (Phi) is 6.45. The molecule has 1 N–H and O–H groups in total. The second kappa shape index (κ2) is 9.61. The summed E-state index contributed by atoms with van der Waals surface area (Å²) in [6.45, 7) is 3.74. The van der Waals surface area contributed by atoms with E-state index in [1.807, 2.05) is 61.5 Å². The summed E-state index contributed by atoms with van der Waals surface area (Å²) >= 11 is 1.16. The highest BCUT2D eigenvalue weighted by molar-refractivity contribution is 8.00. The highest BCUT2D eigenvalue weighted by Gasteiger charge is 2.27. The van der Waals surface area contributed by atoms with Gasteiger partial charge in [0, 0.05) is 6.07 Å². The largest absolute Gasteiger partial charge is 0.319 e. The van der Waals surface area contributed by atoms with Crippen LogP contribution < -0.4 is 5.32 Å². The van der Waals surface area contributed by atoms with Gasteiger partial charge in [0.05, 0.1) is 10.6 Å². The number of aryl methyl sites for hydroxylation is 2. The van der Waals surface area contributed by atoms with E-state index in [1.165, 1.54) is 12.1 Å². The van der Waals surface area contributed by atoms with Gasteiger partial charge in [0.25, 0.3) is 5.69 Å². The topological polar surface area (TPSA) is 116 Å². The van der Waals surface area contributed by atoms with Gasteiger partial charge in [0.15, 0.2) is 0 Å². The van der Waals surface area contributed by atoms with Crippen LogP contribution in [0.4, 0.5) is 11.4 Å². The molecule has 0 fully saturated rings. The lowest BCUT2D eigenvalue weighted by molar-refractivity contribution is -0.384.